The molecule has 0 aliphatic heterocycles. The van der Waals surface area contributed by atoms with Gasteiger partial charge in [-0.3, -0.25) is 4.79 Å². The van der Waals surface area contributed by atoms with Crippen LogP contribution in [0.25, 0.3) is 5.69 Å². The number of hydrogen-bond acceptors (Lipinski definition) is 2. The van der Waals surface area contributed by atoms with E-state index in [1.165, 1.54) is 12.1 Å². The van der Waals surface area contributed by atoms with Gasteiger partial charge in [-0.15, -0.1) is 0 Å². The number of nitrogens with one attached hydrogen (secondary N) is 1. The van der Waals surface area contributed by atoms with Gasteiger partial charge in [0.2, 0.25) is 0 Å². The van der Waals surface area contributed by atoms with Gasteiger partial charge >= 0.3 is 12.4 Å². The molecule has 11 heteroatoms. The molecule has 0 saturated heterocycles. The van der Waals surface area contributed by atoms with Crippen molar-refractivity contribution in [2.24, 2.45) is 0 Å². The number of benzene rings is 2. The van der Waals surface area contributed by atoms with E-state index in [9.17, 15) is 31.1 Å². The molecular weight excluding hydrogens is 468 g/mol. The smallest absolute Gasteiger partial charge is 0.322 e. The largest absolute Gasteiger partial charge is 0.435 e. The third-order valence-electron chi connectivity index (χ3n) is 3.78. The van der Waals surface area contributed by atoms with E-state index < -0.39 is 29.6 Å². The fourth-order valence-corrected chi connectivity index (χ4v) is 2.91. The van der Waals surface area contributed by atoms with Gasteiger partial charge in [0.15, 0.2) is 5.69 Å². The predicted molar refractivity (Wildman–Crippen MR) is 95.7 cm³/mol. The standard InChI is InChI=1S/C18H10BrF6N3O/c19-13-4-2-1-3-12(13)16(29)26-10-5-7-11(8-6-10)28-15(18(23,24)25)9-14(27-28)17(20,21)22/h1-9H,(H,26,29). The van der Waals surface area contributed by atoms with Gasteiger partial charge in [-0.2, -0.15) is 31.4 Å². The fraction of sp³-hybridized carbons (Fsp3) is 0.111. The van der Waals surface area contributed by atoms with Gasteiger partial charge in [0.1, 0.15) is 5.69 Å². The molecular formula is C18H10BrF6N3O. The SMILES string of the molecule is O=C(Nc1ccc(-n2nc(C(F)(F)F)cc2C(F)(F)F)cc1)c1ccccc1Br. The predicted octanol–water partition coefficient (Wildman–Crippen LogP) is 5.92. The topological polar surface area (TPSA) is 46.9 Å². The van der Waals surface area contributed by atoms with Crippen LogP contribution in [0.4, 0.5) is 32.0 Å². The number of amides is 1. The Hall–Kier alpha value is -2.82. The molecule has 0 radical (unpaired) electrons. The summed E-state index contributed by atoms with van der Waals surface area (Å²) in [5, 5.41) is 5.60. The van der Waals surface area contributed by atoms with Crippen LogP contribution in [0.1, 0.15) is 21.7 Å². The second kappa shape index (κ2) is 7.54. The van der Waals surface area contributed by atoms with Crippen molar-refractivity contribution >= 4 is 27.5 Å². The summed E-state index contributed by atoms with van der Waals surface area (Å²) >= 11 is 3.23. The number of carbonyl (C=O) groups is 1. The van der Waals surface area contributed by atoms with Crippen LogP contribution < -0.4 is 5.32 Å². The first kappa shape index (κ1) is 20.9. The van der Waals surface area contributed by atoms with Crippen LogP contribution in [0, 0.1) is 0 Å². The first-order valence-corrected chi connectivity index (χ1v) is 8.67. The zero-order valence-corrected chi connectivity index (χ0v) is 15.7. The molecule has 2 aromatic carbocycles. The van der Waals surface area contributed by atoms with Crippen molar-refractivity contribution in [3.05, 3.63) is 76.0 Å². The van der Waals surface area contributed by atoms with E-state index in [1.54, 1.807) is 24.3 Å². The van der Waals surface area contributed by atoms with E-state index >= 15 is 0 Å². The van der Waals surface area contributed by atoms with Crippen molar-refractivity contribution in [2.75, 3.05) is 5.32 Å². The number of aromatic nitrogens is 2. The highest BCUT2D eigenvalue weighted by molar-refractivity contribution is 9.10. The Labute approximate surface area is 168 Å². The molecule has 0 spiro atoms. The molecule has 0 bridgehead atoms. The second-order valence-electron chi connectivity index (χ2n) is 5.80. The Morgan fingerprint density at radius 2 is 1.55 bits per heavy atom. The van der Waals surface area contributed by atoms with E-state index in [1.807, 2.05) is 0 Å². The number of carbonyl (C=O) groups excluding carboxylic acids is 1. The number of halogens is 7. The van der Waals surface area contributed by atoms with E-state index in [4.69, 9.17) is 0 Å². The highest BCUT2D eigenvalue weighted by Crippen LogP contribution is 2.36. The van der Waals surface area contributed by atoms with Crippen LogP contribution in [0.2, 0.25) is 0 Å². The summed E-state index contributed by atoms with van der Waals surface area (Å²) in [6.45, 7) is 0. The van der Waals surface area contributed by atoms with Crippen LogP contribution in [0.5, 0.6) is 0 Å². The Kier molecular flexibility index (Phi) is 5.44. The summed E-state index contributed by atoms with van der Waals surface area (Å²) in [6.07, 6.45) is -10.1. The molecule has 1 amide bonds. The van der Waals surface area contributed by atoms with Gasteiger partial charge in [-0.1, -0.05) is 12.1 Å². The maximum atomic E-state index is 13.1. The summed E-state index contributed by atoms with van der Waals surface area (Å²) < 4.78 is 78.5. The first-order chi connectivity index (χ1) is 13.5. The van der Waals surface area contributed by atoms with Gasteiger partial charge in [0.25, 0.3) is 5.91 Å². The minimum Gasteiger partial charge on any atom is -0.322 e. The zero-order chi connectivity index (χ0) is 21.4. The van der Waals surface area contributed by atoms with Crippen molar-refractivity contribution in [3.8, 4) is 5.69 Å². The van der Waals surface area contributed by atoms with Gasteiger partial charge in [0, 0.05) is 16.2 Å². The van der Waals surface area contributed by atoms with Gasteiger partial charge in [0.05, 0.1) is 11.3 Å². The molecule has 29 heavy (non-hydrogen) atoms. The van der Waals surface area contributed by atoms with Crippen molar-refractivity contribution in [2.45, 2.75) is 12.4 Å². The van der Waals surface area contributed by atoms with Crippen LogP contribution >= 0.6 is 15.9 Å². The van der Waals surface area contributed by atoms with Crippen molar-refractivity contribution < 1.29 is 31.1 Å². The lowest BCUT2D eigenvalue weighted by Gasteiger charge is -2.11. The van der Waals surface area contributed by atoms with E-state index in [-0.39, 0.29) is 22.1 Å². The highest BCUT2D eigenvalue weighted by atomic mass is 79.9. The fourth-order valence-electron chi connectivity index (χ4n) is 2.45. The Morgan fingerprint density at radius 1 is 0.931 bits per heavy atom. The molecule has 1 aromatic heterocycles. The van der Waals surface area contributed by atoms with E-state index in [0.717, 1.165) is 12.1 Å². The van der Waals surface area contributed by atoms with Gasteiger partial charge < -0.3 is 5.32 Å². The molecule has 3 aromatic rings. The Morgan fingerprint density at radius 3 is 2.10 bits per heavy atom. The monoisotopic (exact) mass is 477 g/mol. The van der Waals surface area contributed by atoms with Gasteiger partial charge in [-0.25, -0.2) is 4.68 Å². The molecule has 0 atom stereocenters. The lowest BCUT2D eigenvalue weighted by atomic mass is 10.2. The molecule has 0 unspecified atom stereocenters. The van der Waals surface area contributed by atoms with Crippen molar-refractivity contribution in [1.29, 1.82) is 0 Å². The molecule has 0 aliphatic rings. The van der Waals surface area contributed by atoms with E-state index in [2.05, 4.69) is 26.3 Å². The molecule has 0 saturated carbocycles. The number of anilines is 1. The number of nitrogens with zero attached hydrogens (tertiary/aromatic N) is 2. The maximum absolute atomic E-state index is 13.1. The second-order valence-corrected chi connectivity index (χ2v) is 6.66. The average molecular weight is 478 g/mol. The minimum atomic E-state index is -5.04. The van der Waals surface area contributed by atoms with Crippen LogP contribution in [0.15, 0.2) is 59.1 Å². The van der Waals surface area contributed by atoms with Gasteiger partial charge in [-0.05, 0) is 52.3 Å². The molecule has 4 nitrogen and oxygen atoms in total. The molecule has 1 N–H and O–H groups in total. The first-order valence-electron chi connectivity index (χ1n) is 7.87. The summed E-state index contributed by atoms with van der Waals surface area (Å²) in [6, 6.07) is 11.3. The highest BCUT2D eigenvalue weighted by Gasteiger charge is 2.42. The third-order valence-corrected chi connectivity index (χ3v) is 4.47. The Balaban J connectivity index is 1.90. The average Bonchev–Trinajstić information content (AvgIpc) is 3.09. The van der Waals surface area contributed by atoms with Crippen LogP contribution in [-0.4, -0.2) is 15.7 Å². The molecule has 3 rings (SSSR count). The lowest BCUT2D eigenvalue weighted by Crippen LogP contribution is -2.14. The summed E-state index contributed by atoms with van der Waals surface area (Å²) in [5.41, 5.74) is -2.89. The van der Waals surface area contributed by atoms with Crippen LogP contribution in [0.3, 0.4) is 0 Å². The normalized spacial score (nSPS) is 12.1. The summed E-state index contributed by atoms with van der Waals surface area (Å²) in [7, 11) is 0. The van der Waals surface area contributed by atoms with Crippen LogP contribution in [-0.2, 0) is 12.4 Å². The summed E-state index contributed by atoms with van der Waals surface area (Å²) in [5.74, 6) is -0.473. The third kappa shape index (κ3) is 4.61. The van der Waals surface area contributed by atoms with E-state index in [0.29, 0.717) is 10.0 Å². The quantitative estimate of drug-likeness (QED) is 0.475. The molecule has 0 aliphatic carbocycles. The lowest BCUT2D eigenvalue weighted by molar-refractivity contribution is -0.143. The molecule has 1 heterocycles. The molecule has 0 fully saturated rings. The van der Waals surface area contributed by atoms with Crippen molar-refractivity contribution in [3.63, 3.8) is 0 Å². The number of alkyl halides is 6. The summed E-state index contributed by atoms with van der Waals surface area (Å²) in [4.78, 5) is 12.3. The minimum absolute atomic E-state index is 0.0530. The maximum Gasteiger partial charge on any atom is 0.435 e. The molecule has 152 valence electrons. The number of rotatable bonds is 3. The zero-order valence-electron chi connectivity index (χ0n) is 14.1. The van der Waals surface area contributed by atoms with Crippen molar-refractivity contribution in [1.82, 2.24) is 9.78 Å². The number of hydrogen-bond donors (Lipinski definition) is 1. The Bertz CT molecular complexity index is 1040.